The number of nitro benzene ring substituents is 1. The molecule has 2 aromatic rings. The number of ether oxygens (including phenoxy) is 1. The fraction of sp³-hybridized carbons (Fsp3) is 0.235. The minimum atomic E-state index is -0.447. The zero-order valence-corrected chi connectivity index (χ0v) is 13.0. The number of ketones is 1. The second-order valence-electron chi connectivity index (χ2n) is 5.15. The maximum Gasteiger partial charge on any atom is 0.269 e. The normalized spacial score (nSPS) is 11.6. The average molecular weight is 314 g/mol. The first-order valence-electron chi connectivity index (χ1n) is 7.14. The van der Waals surface area contributed by atoms with Crippen molar-refractivity contribution in [2.45, 2.75) is 19.4 Å². The number of nitrogens with zero attached hydrogens (tertiary/aromatic N) is 1. The standard InChI is InChI=1S/C17H18N2O4/c1-12(20)11-16(13-7-9-14(10-8-13)19(21)22)18-15-5-3-4-6-17(15)23-2/h3-10,16,18H,11H2,1-2H3/t16-/m0/s1. The van der Waals surface area contributed by atoms with E-state index in [0.29, 0.717) is 5.75 Å². The summed E-state index contributed by atoms with van der Waals surface area (Å²) in [7, 11) is 1.58. The van der Waals surface area contributed by atoms with E-state index < -0.39 is 4.92 Å². The summed E-state index contributed by atoms with van der Waals surface area (Å²) in [5.41, 5.74) is 1.59. The van der Waals surface area contributed by atoms with Gasteiger partial charge in [0.2, 0.25) is 0 Å². The highest BCUT2D eigenvalue weighted by Gasteiger charge is 2.17. The van der Waals surface area contributed by atoms with Gasteiger partial charge in [0.05, 0.1) is 23.8 Å². The first-order chi connectivity index (χ1) is 11.0. The summed E-state index contributed by atoms with van der Waals surface area (Å²) < 4.78 is 5.30. The Bertz CT molecular complexity index is 698. The van der Waals surface area contributed by atoms with Gasteiger partial charge in [-0.15, -0.1) is 0 Å². The number of para-hydroxylation sites is 2. The van der Waals surface area contributed by atoms with Gasteiger partial charge in [-0.25, -0.2) is 0 Å². The molecule has 0 bridgehead atoms. The van der Waals surface area contributed by atoms with Crippen molar-refractivity contribution in [3.63, 3.8) is 0 Å². The van der Waals surface area contributed by atoms with Gasteiger partial charge in [0.1, 0.15) is 11.5 Å². The lowest BCUT2D eigenvalue weighted by Gasteiger charge is -2.20. The number of Topliss-reactive ketones (excluding diaryl/α,β-unsaturated/α-hetero) is 1. The van der Waals surface area contributed by atoms with E-state index in [0.717, 1.165) is 11.3 Å². The van der Waals surface area contributed by atoms with Crippen molar-refractivity contribution in [3.8, 4) is 5.75 Å². The van der Waals surface area contributed by atoms with E-state index in [2.05, 4.69) is 5.32 Å². The van der Waals surface area contributed by atoms with Gasteiger partial charge >= 0.3 is 0 Å². The highest BCUT2D eigenvalue weighted by molar-refractivity contribution is 5.77. The third-order valence-electron chi connectivity index (χ3n) is 3.43. The van der Waals surface area contributed by atoms with E-state index >= 15 is 0 Å². The maximum atomic E-state index is 11.6. The van der Waals surface area contributed by atoms with E-state index in [1.54, 1.807) is 19.2 Å². The molecule has 0 unspecified atom stereocenters. The smallest absolute Gasteiger partial charge is 0.269 e. The molecule has 2 aromatic carbocycles. The molecule has 0 heterocycles. The van der Waals surface area contributed by atoms with Crippen LogP contribution in [-0.4, -0.2) is 17.8 Å². The Morgan fingerprint density at radius 1 is 1.22 bits per heavy atom. The van der Waals surface area contributed by atoms with Crippen molar-refractivity contribution in [3.05, 3.63) is 64.2 Å². The number of hydrogen-bond donors (Lipinski definition) is 1. The fourth-order valence-electron chi connectivity index (χ4n) is 2.32. The van der Waals surface area contributed by atoms with Crippen LogP contribution >= 0.6 is 0 Å². The molecule has 0 aliphatic rings. The molecule has 0 aliphatic carbocycles. The number of carbonyl (C=O) groups is 1. The monoisotopic (exact) mass is 314 g/mol. The minimum absolute atomic E-state index is 0.0209. The molecule has 0 saturated heterocycles. The average Bonchev–Trinajstić information content (AvgIpc) is 2.54. The number of hydrogen-bond acceptors (Lipinski definition) is 5. The van der Waals surface area contributed by atoms with Crippen LogP contribution in [0.3, 0.4) is 0 Å². The Hall–Kier alpha value is -2.89. The molecule has 23 heavy (non-hydrogen) atoms. The van der Waals surface area contributed by atoms with Crippen molar-refractivity contribution in [1.82, 2.24) is 0 Å². The summed E-state index contributed by atoms with van der Waals surface area (Å²) in [6.45, 7) is 1.52. The summed E-state index contributed by atoms with van der Waals surface area (Å²) in [6, 6.07) is 13.3. The van der Waals surface area contributed by atoms with Gasteiger partial charge in [-0.05, 0) is 24.6 Å². The van der Waals surface area contributed by atoms with Crippen LogP contribution in [0.25, 0.3) is 0 Å². The van der Waals surface area contributed by atoms with Crippen LogP contribution in [0.1, 0.15) is 24.9 Å². The first-order valence-corrected chi connectivity index (χ1v) is 7.14. The molecule has 6 nitrogen and oxygen atoms in total. The summed E-state index contributed by atoms with van der Waals surface area (Å²) in [5.74, 6) is 0.693. The van der Waals surface area contributed by atoms with Crippen LogP contribution in [0.2, 0.25) is 0 Å². The Kier molecular flexibility index (Phi) is 5.30. The number of carbonyl (C=O) groups excluding carboxylic acids is 1. The van der Waals surface area contributed by atoms with Crippen molar-refractivity contribution in [2.24, 2.45) is 0 Å². The third-order valence-corrected chi connectivity index (χ3v) is 3.43. The van der Waals surface area contributed by atoms with Crippen LogP contribution in [-0.2, 0) is 4.79 Å². The SMILES string of the molecule is COc1ccccc1N[C@@H](CC(C)=O)c1ccc([N+](=O)[O-])cc1. The largest absolute Gasteiger partial charge is 0.495 e. The van der Waals surface area contributed by atoms with E-state index in [1.807, 2.05) is 24.3 Å². The molecular formula is C17H18N2O4. The summed E-state index contributed by atoms with van der Waals surface area (Å²) in [4.78, 5) is 21.9. The van der Waals surface area contributed by atoms with Gasteiger partial charge in [0.25, 0.3) is 5.69 Å². The molecule has 0 aliphatic heterocycles. The van der Waals surface area contributed by atoms with Crippen LogP contribution < -0.4 is 10.1 Å². The lowest BCUT2D eigenvalue weighted by Crippen LogP contribution is -2.14. The molecule has 0 saturated carbocycles. The summed E-state index contributed by atoms with van der Waals surface area (Å²) in [5, 5.41) is 14.0. The van der Waals surface area contributed by atoms with Gasteiger partial charge in [-0.3, -0.25) is 14.9 Å². The van der Waals surface area contributed by atoms with E-state index in [1.165, 1.54) is 19.1 Å². The Balaban J connectivity index is 2.29. The zero-order valence-electron chi connectivity index (χ0n) is 13.0. The molecule has 1 atom stereocenters. The lowest BCUT2D eigenvalue weighted by molar-refractivity contribution is -0.384. The van der Waals surface area contributed by atoms with Crippen LogP contribution in [0, 0.1) is 10.1 Å². The lowest BCUT2D eigenvalue weighted by atomic mass is 10.0. The highest BCUT2D eigenvalue weighted by Crippen LogP contribution is 2.30. The van der Waals surface area contributed by atoms with Crippen molar-refractivity contribution >= 4 is 17.2 Å². The first kappa shape index (κ1) is 16.5. The summed E-state index contributed by atoms with van der Waals surface area (Å²) >= 11 is 0. The number of nitrogens with one attached hydrogen (secondary N) is 1. The second-order valence-corrected chi connectivity index (χ2v) is 5.15. The van der Waals surface area contributed by atoms with Gasteiger partial charge < -0.3 is 10.1 Å². The molecule has 0 spiro atoms. The van der Waals surface area contributed by atoms with Gasteiger partial charge in [0.15, 0.2) is 0 Å². The number of nitro groups is 1. The summed E-state index contributed by atoms with van der Waals surface area (Å²) in [6.07, 6.45) is 0.274. The molecule has 0 fully saturated rings. The second kappa shape index (κ2) is 7.40. The van der Waals surface area contributed by atoms with Crippen LogP contribution in [0.5, 0.6) is 5.75 Å². The Morgan fingerprint density at radius 3 is 2.43 bits per heavy atom. The number of methoxy groups -OCH3 is 1. The quantitative estimate of drug-likeness (QED) is 0.622. The van der Waals surface area contributed by atoms with E-state index in [-0.39, 0.29) is 23.9 Å². The number of rotatable bonds is 7. The molecule has 2 rings (SSSR count). The predicted octanol–water partition coefficient (Wildman–Crippen LogP) is 3.74. The molecule has 0 amide bonds. The van der Waals surface area contributed by atoms with Gasteiger partial charge in [0, 0.05) is 18.6 Å². The molecule has 6 heteroatoms. The van der Waals surface area contributed by atoms with Crippen molar-refractivity contribution in [1.29, 1.82) is 0 Å². The zero-order chi connectivity index (χ0) is 16.8. The van der Waals surface area contributed by atoms with Gasteiger partial charge in [-0.1, -0.05) is 24.3 Å². The number of anilines is 1. The molecule has 0 aromatic heterocycles. The number of benzene rings is 2. The molecular weight excluding hydrogens is 296 g/mol. The van der Waals surface area contributed by atoms with E-state index in [9.17, 15) is 14.9 Å². The van der Waals surface area contributed by atoms with Gasteiger partial charge in [-0.2, -0.15) is 0 Å². The topological polar surface area (TPSA) is 81.5 Å². The third kappa shape index (κ3) is 4.29. The maximum absolute atomic E-state index is 11.6. The molecule has 0 radical (unpaired) electrons. The van der Waals surface area contributed by atoms with Crippen molar-refractivity contribution in [2.75, 3.05) is 12.4 Å². The molecule has 1 N–H and O–H groups in total. The van der Waals surface area contributed by atoms with Crippen molar-refractivity contribution < 1.29 is 14.5 Å². The van der Waals surface area contributed by atoms with E-state index in [4.69, 9.17) is 4.74 Å². The fourth-order valence-corrected chi connectivity index (χ4v) is 2.32. The molecule has 120 valence electrons. The van der Waals surface area contributed by atoms with Crippen LogP contribution in [0.4, 0.5) is 11.4 Å². The predicted molar refractivity (Wildman–Crippen MR) is 87.8 cm³/mol. The van der Waals surface area contributed by atoms with Crippen LogP contribution in [0.15, 0.2) is 48.5 Å². The number of non-ortho nitro benzene ring substituents is 1. The minimum Gasteiger partial charge on any atom is -0.495 e. The highest BCUT2D eigenvalue weighted by atomic mass is 16.6. The Labute approximate surface area is 134 Å². The Morgan fingerprint density at radius 2 is 1.87 bits per heavy atom.